The molecule has 1 aliphatic carbocycles. The third kappa shape index (κ3) is 3.60. The smallest absolute Gasteiger partial charge is 0.158 e. The van der Waals surface area contributed by atoms with Gasteiger partial charge in [0.1, 0.15) is 5.75 Å². The van der Waals surface area contributed by atoms with E-state index in [1.807, 2.05) is 24.3 Å². The largest absolute Gasteiger partial charge is 0.497 e. The van der Waals surface area contributed by atoms with Gasteiger partial charge in [0.25, 0.3) is 0 Å². The number of methoxy groups -OCH3 is 1. The highest BCUT2D eigenvalue weighted by molar-refractivity contribution is 6.77. The average Bonchev–Trinajstić information content (AvgIpc) is 2.40. The second kappa shape index (κ2) is 5.96. The lowest BCUT2D eigenvalue weighted by molar-refractivity contribution is -0.116. The summed E-state index contributed by atoms with van der Waals surface area (Å²) in [5.74, 6) is 1.16. The summed E-state index contributed by atoms with van der Waals surface area (Å²) in [6.07, 6.45) is 4.79. The SMILES string of the molecule is COc1cccc(C=C2CC([Si](C)(C)C)CCC2=O)c1. The molecule has 1 saturated carbocycles. The maximum absolute atomic E-state index is 12.1. The van der Waals surface area contributed by atoms with Gasteiger partial charge in [0.2, 0.25) is 0 Å². The first kappa shape index (κ1) is 15.0. The first-order valence-electron chi connectivity index (χ1n) is 7.28. The van der Waals surface area contributed by atoms with Crippen molar-refractivity contribution in [3.63, 3.8) is 0 Å². The van der Waals surface area contributed by atoms with Crippen molar-refractivity contribution in [2.45, 2.75) is 44.4 Å². The van der Waals surface area contributed by atoms with Crippen LogP contribution in [0.25, 0.3) is 6.08 Å². The minimum atomic E-state index is -1.18. The summed E-state index contributed by atoms with van der Waals surface area (Å²) in [7, 11) is 0.485. The molecule has 0 radical (unpaired) electrons. The molecule has 0 heterocycles. The van der Waals surface area contributed by atoms with E-state index in [4.69, 9.17) is 4.74 Å². The number of allylic oxidation sites excluding steroid dienone is 1. The van der Waals surface area contributed by atoms with Crippen LogP contribution in [0.5, 0.6) is 5.75 Å². The molecule has 1 aromatic carbocycles. The molecule has 0 spiro atoms. The van der Waals surface area contributed by atoms with E-state index in [1.54, 1.807) is 7.11 Å². The molecule has 20 heavy (non-hydrogen) atoms. The maximum atomic E-state index is 12.1. The molecule has 1 unspecified atom stereocenters. The molecular formula is C17H24O2Si. The molecule has 2 nitrogen and oxygen atoms in total. The van der Waals surface area contributed by atoms with Crippen LogP contribution in [-0.4, -0.2) is 21.0 Å². The van der Waals surface area contributed by atoms with Crippen molar-refractivity contribution in [1.82, 2.24) is 0 Å². The molecule has 108 valence electrons. The third-order valence-corrected chi connectivity index (χ3v) is 7.15. The second-order valence-corrected chi connectivity index (χ2v) is 12.2. The zero-order chi connectivity index (χ0) is 14.8. The number of carbonyl (C=O) groups excluding carboxylic acids is 1. The number of hydrogen-bond acceptors (Lipinski definition) is 2. The van der Waals surface area contributed by atoms with Crippen LogP contribution in [0.15, 0.2) is 29.8 Å². The minimum Gasteiger partial charge on any atom is -0.497 e. The van der Waals surface area contributed by atoms with Gasteiger partial charge in [0, 0.05) is 14.5 Å². The predicted molar refractivity (Wildman–Crippen MR) is 86.9 cm³/mol. The summed E-state index contributed by atoms with van der Waals surface area (Å²) < 4.78 is 5.24. The number of benzene rings is 1. The molecule has 3 heteroatoms. The van der Waals surface area contributed by atoms with Gasteiger partial charge in [-0.3, -0.25) is 4.79 Å². The third-order valence-electron chi connectivity index (χ3n) is 4.20. The molecule has 0 bridgehead atoms. The molecule has 0 aromatic heterocycles. The zero-order valence-electron chi connectivity index (χ0n) is 12.9. The molecule has 2 rings (SSSR count). The highest BCUT2D eigenvalue weighted by Gasteiger charge is 2.32. The molecular weight excluding hydrogens is 264 g/mol. The van der Waals surface area contributed by atoms with E-state index >= 15 is 0 Å². The van der Waals surface area contributed by atoms with Gasteiger partial charge in [0.05, 0.1) is 7.11 Å². The fraction of sp³-hybridized carbons (Fsp3) is 0.471. The van der Waals surface area contributed by atoms with Crippen LogP contribution in [0, 0.1) is 0 Å². The Hall–Kier alpha value is -1.35. The Balaban J connectivity index is 2.24. The Morgan fingerprint density at radius 2 is 2.05 bits per heavy atom. The molecule has 1 atom stereocenters. The van der Waals surface area contributed by atoms with Crippen molar-refractivity contribution >= 4 is 19.9 Å². The Labute approximate surface area is 122 Å². The summed E-state index contributed by atoms with van der Waals surface area (Å²) in [4.78, 5) is 12.1. The van der Waals surface area contributed by atoms with Crippen molar-refractivity contribution < 1.29 is 9.53 Å². The fourth-order valence-corrected chi connectivity index (χ4v) is 4.60. The lowest BCUT2D eigenvalue weighted by atomic mass is 9.91. The van der Waals surface area contributed by atoms with Gasteiger partial charge in [-0.15, -0.1) is 0 Å². The van der Waals surface area contributed by atoms with Crippen molar-refractivity contribution in [1.29, 1.82) is 0 Å². The van der Waals surface area contributed by atoms with E-state index < -0.39 is 8.07 Å². The van der Waals surface area contributed by atoms with Gasteiger partial charge < -0.3 is 4.74 Å². The molecule has 1 aliphatic rings. The summed E-state index contributed by atoms with van der Waals surface area (Å²) in [5, 5.41) is 0. The zero-order valence-corrected chi connectivity index (χ0v) is 13.9. The van der Waals surface area contributed by atoms with E-state index in [9.17, 15) is 4.79 Å². The Kier molecular flexibility index (Phi) is 4.48. The summed E-state index contributed by atoms with van der Waals surface area (Å²) in [6.45, 7) is 7.20. The normalized spacial score (nSPS) is 22.1. The number of carbonyl (C=O) groups is 1. The highest BCUT2D eigenvalue weighted by atomic mass is 28.3. The molecule has 1 fully saturated rings. The predicted octanol–water partition coefficient (Wildman–Crippen LogP) is 4.54. The average molecular weight is 288 g/mol. The number of ketones is 1. The standard InChI is InChI=1S/C17H24O2Si/c1-19-15-7-5-6-13(11-15)10-14-12-16(20(2,3)4)8-9-17(14)18/h5-7,10-11,16H,8-9,12H2,1-4H3. The highest BCUT2D eigenvalue weighted by Crippen LogP contribution is 2.38. The van der Waals surface area contributed by atoms with E-state index in [0.29, 0.717) is 12.2 Å². The van der Waals surface area contributed by atoms with Gasteiger partial charge >= 0.3 is 0 Å². The molecule has 0 saturated heterocycles. The van der Waals surface area contributed by atoms with Crippen LogP contribution in [0.3, 0.4) is 0 Å². The summed E-state index contributed by atoms with van der Waals surface area (Å²) in [5.41, 5.74) is 2.78. The topological polar surface area (TPSA) is 26.3 Å². The van der Waals surface area contributed by atoms with Gasteiger partial charge in [-0.05, 0) is 47.7 Å². The number of Topliss-reactive ketones (excluding diaryl/α,β-unsaturated/α-hetero) is 1. The van der Waals surface area contributed by atoms with E-state index in [2.05, 4.69) is 25.7 Å². The Morgan fingerprint density at radius 3 is 2.70 bits per heavy atom. The fourth-order valence-electron chi connectivity index (χ4n) is 2.76. The minimum absolute atomic E-state index is 0.322. The first-order valence-corrected chi connectivity index (χ1v) is 10.9. The van der Waals surface area contributed by atoms with Crippen LogP contribution in [0.2, 0.25) is 25.2 Å². The Bertz CT molecular complexity index is 526. The molecule has 0 aliphatic heterocycles. The van der Waals surface area contributed by atoms with Gasteiger partial charge in [-0.1, -0.05) is 31.8 Å². The van der Waals surface area contributed by atoms with Gasteiger partial charge in [-0.2, -0.15) is 0 Å². The number of ether oxygens (including phenoxy) is 1. The molecule has 0 N–H and O–H groups in total. The van der Waals surface area contributed by atoms with Crippen molar-refractivity contribution in [2.75, 3.05) is 7.11 Å². The second-order valence-electron chi connectivity index (χ2n) is 6.68. The van der Waals surface area contributed by atoms with Gasteiger partial charge in [-0.25, -0.2) is 0 Å². The lowest BCUT2D eigenvalue weighted by Crippen LogP contribution is -2.32. The van der Waals surface area contributed by atoms with E-state index in [0.717, 1.165) is 35.3 Å². The summed E-state index contributed by atoms with van der Waals surface area (Å²) >= 11 is 0. The quantitative estimate of drug-likeness (QED) is 0.603. The Morgan fingerprint density at radius 1 is 1.30 bits per heavy atom. The van der Waals surface area contributed by atoms with Gasteiger partial charge in [0.15, 0.2) is 5.78 Å². The van der Waals surface area contributed by atoms with E-state index in [1.165, 1.54) is 0 Å². The maximum Gasteiger partial charge on any atom is 0.158 e. The number of rotatable bonds is 3. The summed E-state index contributed by atoms with van der Waals surface area (Å²) in [6, 6.07) is 7.91. The van der Waals surface area contributed by atoms with Crippen LogP contribution < -0.4 is 4.74 Å². The van der Waals surface area contributed by atoms with Crippen molar-refractivity contribution in [3.8, 4) is 5.75 Å². The van der Waals surface area contributed by atoms with Crippen LogP contribution in [-0.2, 0) is 4.79 Å². The molecule has 0 amide bonds. The van der Waals surface area contributed by atoms with Crippen molar-refractivity contribution in [3.05, 3.63) is 35.4 Å². The monoisotopic (exact) mass is 288 g/mol. The van der Waals surface area contributed by atoms with Crippen LogP contribution in [0.1, 0.15) is 24.8 Å². The van der Waals surface area contributed by atoms with E-state index in [-0.39, 0.29) is 0 Å². The molecule has 1 aromatic rings. The lowest BCUT2D eigenvalue weighted by Gasteiger charge is -2.33. The first-order chi connectivity index (χ1) is 9.40. The number of hydrogen-bond donors (Lipinski definition) is 0. The van der Waals surface area contributed by atoms with Crippen LogP contribution >= 0.6 is 0 Å². The van der Waals surface area contributed by atoms with Crippen molar-refractivity contribution in [2.24, 2.45) is 0 Å². The van der Waals surface area contributed by atoms with Crippen LogP contribution in [0.4, 0.5) is 0 Å².